The van der Waals surface area contributed by atoms with Crippen LogP contribution in [-0.2, 0) is 9.47 Å². The molecule has 0 unspecified atom stereocenters. The lowest BCUT2D eigenvalue weighted by Crippen LogP contribution is -2.38. The van der Waals surface area contributed by atoms with Gasteiger partial charge in [-0.2, -0.15) is 5.26 Å². The van der Waals surface area contributed by atoms with E-state index in [1.807, 2.05) is 30.3 Å². The average Bonchev–Trinajstić information content (AvgIpc) is 3.11. The Morgan fingerprint density at radius 1 is 1.26 bits per heavy atom. The van der Waals surface area contributed by atoms with Crippen molar-refractivity contribution in [2.24, 2.45) is 22.7 Å². The minimum absolute atomic E-state index is 0.245. The molecule has 0 amide bonds. The molecule has 2 saturated carbocycles. The molecule has 3 heteroatoms. The second-order valence-electron chi connectivity index (χ2n) is 8.23. The molecule has 1 aliphatic heterocycles. The Labute approximate surface area is 138 Å². The molecule has 0 N–H and O–H groups in total. The molecular formula is C20H25NO2. The van der Waals surface area contributed by atoms with Crippen LogP contribution in [0.2, 0.25) is 0 Å². The minimum Gasteiger partial charge on any atom is -0.348 e. The Kier molecular flexibility index (Phi) is 3.34. The van der Waals surface area contributed by atoms with E-state index in [1.165, 1.54) is 12.8 Å². The lowest BCUT2D eigenvalue weighted by molar-refractivity contribution is -0.177. The quantitative estimate of drug-likeness (QED) is 0.828. The summed E-state index contributed by atoms with van der Waals surface area (Å²) >= 11 is 0. The van der Waals surface area contributed by atoms with Crippen LogP contribution in [0.4, 0.5) is 0 Å². The third kappa shape index (κ3) is 2.01. The molecule has 23 heavy (non-hydrogen) atoms. The molecule has 3 fully saturated rings. The predicted molar refractivity (Wildman–Crippen MR) is 87.3 cm³/mol. The van der Waals surface area contributed by atoms with Crippen molar-refractivity contribution in [3.05, 3.63) is 35.9 Å². The van der Waals surface area contributed by atoms with Gasteiger partial charge < -0.3 is 9.47 Å². The number of nitrogens with zero attached hydrogens (tertiary/aromatic N) is 1. The highest BCUT2D eigenvalue weighted by Gasteiger charge is 2.69. The van der Waals surface area contributed by atoms with Crippen LogP contribution < -0.4 is 0 Å². The number of nitriles is 1. The summed E-state index contributed by atoms with van der Waals surface area (Å²) in [5, 5.41) is 9.46. The molecular weight excluding hydrogens is 286 g/mol. The maximum absolute atomic E-state index is 9.46. The lowest BCUT2D eigenvalue weighted by atomic mass is 9.70. The normalized spacial score (nSPS) is 41.5. The molecule has 0 spiro atoms. The van der Waals surface area contributed by atoms with Gasteiger partial charge in [0.2, 0.25) is 0 Å². The van der Waals surface area contributed by atoms with Crippen molar-refractivity contribution < 1.29 is 9.47 Å². The zero-order valence-electron chi connectivity index (χ0n) is 14.2. The zero-order valence-corrected chi connectivity index (χ0v) is 14.2. The zero-order chi connectivity index (χ0) is 16.2. The van der Waals surface area contributed by atoms with Crippen LogP contribution in [-0.4, -0.2) is 12.4 Å². The van der Waals surface area contributed by atoms with Gasteiger partial charge in [-0.15, -0.1) is 0 Å². The molecule has 3 aliphatic rings. The van der Waals surface area contributed by atoms with Crippen molar-refractivity contribution in [3.63, 3.8) is 0 Å². The van der Waals surface area contributed by atoms with E-state index < -0.39 is 6.10 Å². The molecule has 1 heterocycles. The van der Waals surface area contributed by atoms with E-state index in [4.69, 9.17) is 9.47 Å². The fourth-order valence-electron chi connectivity index (χ4n) is 5.53. The third-order valence-electron chi connectivity index (χ3n) is 7.18. The summed E-state index contributed by atoms with van der Waals surface area (Å²) in [4.78, 5) is 0. The van der Waals surface area contributed by atoms with Gasteiger partial charge >= 0.3 is 0 Å². The van der Waals surface area contributed by atoms with Crippen molar-refractivity contribution >= 4 is 0 Å². The summed E-state index contributed by atoms with van der Waals surface area (Å²) in [6.07, 6.45) is 2.99. The fraction of sp³-hybridized carbons (Fsp3) is 0.650. The third-order valence-corrected chi connectivity index (χ3v) is 7.18. The van der Waals surface area contributed by atoms with E-state index in [9.17, 15) is 5.26 Å². The number of fused-ring (bicyclic) bond motifs is 5. The Bertz CT molecular complexity index is 635. The Hall–Kier alpha value is -1.37. The number of hydrogen-bond acceptors (Lipinski definition) is 3. The lowest BCUT2D eigenvalue weighted by Gasteiger charge is -2.38. The topological polar surface area (TPSA) is 42.2 Å². The highest BCUT2D eigenvalue weighted by atomic mass is 16.7. The van der Waals surface area contributed by atoms with E-state index >= 15 is 0 Å². The van der Waals surface area contributed by atoms with Gasteiger partial charge in [0, 0.05) is 6.42 Å². The first kappa shape index (κ1) is 15.2. The first-order chi connectivity index (χ1) is 11.0. The molecule has 2 bridgehead atoms. The molecule has 122 valence electrons. The van der Waals surface area contributed by atoms with Crippen molar-refractivity contribution in [3.8, 4) is 6.07 Å². The summed E-state index contributed by atoms with van der Waals surface area (Å²) in [6, 6.07) is 12.0. The van der Waals surface area contributed by atoms with E-state index in [2.05, 4.69) is 26.8 Å². The molecule has 1 saturated heterocycles. The number of hydrogen-bond donors (Lipinski definition) is 0. The largest absolute Gasteiger partial charge is 0.348 e. The smallest absolute Gasteiger partial charge is 0.172 e. The summed E-state index contributed by atoms with van der Waals surface area (Å²) in [6.45, 7) is 7.20. The summed E-state index contributed by atoms with van der Waals surface area (Å²) < 4.78 is 12.4. The SMILES string of the molecule is CC1(C)[C@@H]2CC[C@@]1(C)[C@H]1O[C@H](O[C@H](C#N)c3ccccc3)C[C@@H]21. The second-order valence-corrected chi connectivity index (χ2v) is 8.23. The minimum atomic E-state index is -0.543. The van der Waals surface area contributed by atoms with Gasteiger partial charge in [-0.1, -0.05) is 51.1 Å². The average molecular weight is 311 g/mol. The van der Waals surface area contributed by atoms with E-state index in [-0.39, 0.29) is 17.8 Å². The van der Waals surface area contributed by atoms with E-state index in [1.54, 1.807) is 0 Å². The van der Waals surface area contributed by atoms with Crippen LogP contribution in [0.1, 0.15) is 51.7 Å². The standard InChI is InChI=1S/C20H25NO2/c1-19(2)15-9-10-20(19,3)18-14(15)11-17(23-18)22-16(12-21)13-7-5-4-6-8-13/h4-8,14-18H,9-11H2,1-3H3/t14-,15+,16+,17-,18-,20-/m0/s1. The first-order valence-corrected chi connectivity index (χ1v) is 8.73. The van der Waals surface area contributed by atoms with Crippen molar-refractivity contribution in [2.45, 2.75) is 58.5 Å². The number of benzene rings is 1. The number of rotatable bonds is 3. The van der Waals surface area contributed by atoms with Gasteiger partial charge in [-0.3, -0.25) is 0 Å². The Morgan fingerprint density at radius 3 is 2.65 bits per heavy atom. The summed E-state index contributed by atoms with van der Waals surface area (Å²) in [7, 11) is 0. The van der Waals surface area contributed by atoms with E-state index in [0.717, 1.165) is 17.9 Å². The maximum Gasteiger partial charge on any atom is 0.172 e. The van der Waals surface area contributed by atoms with Gasteiger partial charge in [0.25, 0.3) is 0 Å². The fourth-order valence-corrected chi connectivity index (χ4v) is 5.53. The van der Waals surface area contributed by atoms with Gasteiger partial charge in [0.1, 0.15) is 0 Å². The van der Waals surface area contributed by atoms with Crippen molar-refractivity contribution in [1.29, 1.82) is 5.26 Å². The molecule has 4 rings (SSSR count). The molecule has 6 atom stereocenters. The highest BCUT2D eigenvalue weighted by molar-refractivity contribution is 5.22. The molecule has 2 aliphatic carbocycles. The molecule has 1 aromatic rings. The van der Waals surface area contributed by atoms with Crippen LogP contribution in [0, 0.1) is 34.0 Å². The number of ether oxygens (including phenoxy) is 2. The van der Waals surface area contributed by atoms with Crippen molar-refractivity contribution in [1.82, 2.24) is 0 Å². The highest BCUT2D eigenvalue weighted by Crippen LogP contribution is 2.71. The molecule has 0 aromatic heterocycles. The monoisotopic (exact) mass is 311 g/mol. The van der Waals surface area contributed by atoms with Gasteiger partial charge in [0.15, 0.2) is 12.4 Å². The van der Waals surface area contributed by atoms with Crippen LogP contribution in [0.25, 0.3) is 0 Å². The Morgan fingerprint density at radius 2 is 2.00 bits per heavy atom. The second kappa shape index (κ2) is 5.06. The molecule has 3 nitrogen and oxygen atoms in total. The first-order valence-electron chi connectivity index (χ1n) is 8.73. The van der Waals surface area contributed by atoms with Crippen LogP contribution in [0.15, 0.2) is 30.3 Å². The van der Waals surface area contributed by atoms with Crippen molar-refractivity contribution in [2.75, 3.05) is 0 Å². The van der Waals surface area contributed by atoms with Crippen LogP contribution in [0.5, 0.6) is 0 Å². The predicted octanol–water partition coefficient (Wildman–Crippen LogP) is 4.46. The van der Waals surface area contributed by atoms with Gasteiger partial charge in [0.05, 0.1) is 12.2 Å². The van der Waals surface area contributed by atoms with Gasteiger partial charge in [-0.25, -0.2) is 0 Å². The summed E-state index contributed by atoms with van der Waals surface area (Å²) in [5.41, 5.74) is 1.50. The van der Waals surface area contributed by atoms with E-state index in [0.29, 0.717) is 11.3 Å². The van der Waals surface area contributed by atoms with Gasteiger partial charge in [-0.05, 0) is 41.1 Å². The maximum atomic E-state index is 9.46. The van der Waals surface area contributed by atoms with Crippen LogP contribution >= 0.6 is 0 Å². The summed E-state index contributed by atoms with van der Waals surface area (Å²) in [5.74, 6) is 1.31. The molecule has 1 aromatic carbocycles. The molecule has 0 radical (unpaired) electrons. The Balaban J connectivity index is 1.50. The van der Waals surface area contributed by atoms with Crippen LogP contribution in [0.3, 0.4) is 0 Å².